The molecule has 0 spiro atoms. The molecule has 1 atom stereocenters. The number of aliphatic hydroxyl groups excluding tert-OH is 1. The number of aliphatic hydroxyl groups is 1. The molecular weight excluding hydrogens is 195 g/mol. The third-order valence-electron chi connectivity index (χ3n) is 2.63. The first-order valence-corrected chi connectivity index (χ1v) is 4.88. The summed E-state index contributed by atoms with van der Waals surface area (Å²) in [7, 11) is 0.728. The van der Waals surface area contributed by atoms with Crippen LogP contribution in [0.5, 0.6) is 11.5 Å². The van der Waals surface area contributed by atoms with Gasteiger partial charge in [0.1, 0.15) is 11.5 Å². The molecule has 0 aliphatic carbocycles. The lowest BCUT2D eigenvalue weighted by Gasteiger charge is -2.26. The van der Waals surface area contributed by atoms with Crippen molar-refractivity contribution in [1.82, 2.24) is 0 Å². The topological polar surface area (TPSA) is 58.9 Å². The van der Waals surface area contributed by atoms with Gasteiger partial charge in [0, 0.05) is 24.9 Å². The van der Waals surface area contributed by atoms with Crippen molar-refractivity contribution < 1.29 is 19.5 Å². The molecule has 0 aromatic heterocycles. The van der Waals surface area contributed by atoms with E-state index in [1.165, 1.54) is 0 Å². The van der Waals surface area contributed by atoms with Crippen molar-refractivity contribution in [3.63, 3.8) is 0 Å². The lowest BCUT2D eigenvalue weighted by Crippen LogP contribution is -2.30. The fourth-order valence-corrected chi connectivity index (χ4v) is 1.82. The summed E-state index contributed by atoms with van der Waals surface area (Å²) >= 11 is 0. The van der Waals surface area contributed by atoms with E-state index in [0.717, 1.165) is 5.56 Å². The quantitative estimate of drug-likeness (QED) is 0.700. The summed E-state index contributed by atoms with van der Waals surface area (Å²) in [5, 5.41) is 18.6. The van der Waals surface area contributed by atoms with Crippen molar-refractivity contribution in [2.45, 2.75) is 12.2 Å². The second-order valence-corrected chi connectivity index (χ2v) is 3.59. The minimum absolute atomic E-state index is 0.0136. The maximum atomic E-state index is 9.45. The standard InChI is InChI=1S/C10H13BO4/c1-14-8-2-3-9-7(6-12)5-11(13)15-10(9)4-8/h2-4,7,12-13H,5-6H2,1H3/t7-/m0/s1. The Morgan fingerprint density at radius 2 is 2.40 bits per heavy atom. The molecule has 0 unspecified atom stereocenters. The highest BCUT2D eigenvalue weighted by Crippen LogP contribution is 2.37. The monoisotopic (exact) mass is 208 g/mol. The van der Waals surface area contributed by atoms with Crippen LogP contribution in [0.4, 0.5) is 0 Å². The first-order valence-electron chi connectivity index (χ1n) is 4.88. The van der Waals surface area contributed by atoms with Crippen LogP contribution in [0.15, 0.2) is 18.2 Å². The lowest BCUT2D eigenvalue weighted by atomic mass is 9.72. The van der Waals surface area contributed by atoms with E-state index >= 15 is 0 Å². The summed E-state index contributed by atoms with van der Waals surface area (Å²) in [6.07, 6.45) is 0.426. The Morgan fingerprint density at radius 3 is 3.07 bits per heavy atom. The second-order valence-electron chi connectivity index (χ2n) is 3.59. The third-order valence-corrected chi connectivity index (χ3v) is 2.63. The summed E-state index contributed by atoms with van der Waals surface area (Å²) in [6.45, 7) is 0.0136. The molecule has 0 amide bonds. The van der Waals surface area contributed by atoms with E-state index in [1.807, 2.05) is 12.1 Å². The Balaban J connectivity index is 2.37. The number of hydrogen-bond donors (Lipinski definition) is 2. The summed E-state index contributed by atoms with van der Waals surface area (Å²) in [5.74, 6) is 1.21. The van der Waals surface area contributed by atoms with Crippen LogP contribution in [0.3, 0.4) is 0 Å². The molecule has 1 aromatic rings. The van der Waals surface area contributed by atoms with Crippen LogP contribution in [0, 0.1) is 0 Å². The SMILES string of the molecule is COc1ccc2c(c1)OB(O)C[C@H]2CO. The number of ether oxygens (including phenoxy) is 1. The Kier molecular flexibility index (Phi) is 2.84. The molecule has 1 heterocycles. The highest BCUT2D eigenvalue weighted by atomic mass is 16.5. The molecule has 5 heteroatoms. The van der Waals surface area contributed by atoms with Gasteiger partial charge in [0.05, 0.1) is 7.11 Å². The van der Waals surface area contributed by atoms with E-state index in [1.54, 1.807) is 13.2 Å². The number of rotatable bonds is 2. The van der Waals surface area contributed by atoms with Crippen molar-refractivity contribution in [1.29, 1.82) is 0 Å². The van der Waals surface area contributed by atoms with E-state index in [0.29, 0.717) is 17.8 Å². The summed E-state index contributed by atoms with van der Waals surface area (Å²) in [6, 6.07) is 5.41. The smallest absolute Gasteiger partial charge is 0.523 e. The zero-order chi connectivity index (χ0) is 10.8. The second kappa shape index (κ2) is 4.12. The number of fused-ring (bicyclic) bond motifs is 1. The van der Waals surface area contributed by atoms with Crippen LogP contribution in [0.1, 0.15) is 11.5 Å². The predicted octanol–water partition coefficient (Wildman–Crippen LogP) is 0.644. The van der Waals surface area contributed by atoms with Gasteiger partial charge in [-0.15, -0.1) is 0 Å². The van der Waals surface area contributed by atoms with Crippen molar-refractivity contribution in [3.05, 3.63) is 23.8 Å². The molecule has 0 saturated heterocycles. The molecule has 15 heavy (non-hydrogen) atoms. The van der Waals surface area contributed by atoms with Crippen molar-refractivity contribution in [2.24, 2.45) is 0 Å². The molecule has 0 bridgehead atoms. The fourth-order valence-electron chi connectivity index (χ4n) is 1.82. The lowest BCUT2D eigenvalue weighted by molar-refractivity contribution is 0.257. The van der Waals surface area contributed by atoms with Crippen LogP contribution in [-0.4, -0.2) is 31.0 Å². The maximum Gasteiger partial charge on any atom is 0.523 e. The Morgan fingerprint density at radius 1 is 1.60 bits per heavy atom. The molecule has 4 nitrogen and oxygen atoms in total. The first-order chi connectivity index (χ1) is 7.24. The van der Waals surface area contributed by atoms with E-state index in [9.17, 15) is 10.1 Å². The third kappa shape index (κ3) is 1.93. The van der Waals surface area contributed by atoms with Crippen LogP contribution in [0.2, 0.25) is 6.32 Å². The predicted molar refractivity (Wildman–Crippen MR) is 56.2 cm³/mol. The zero-order valence-corrected chi connectivity index (χ0v) is 8.51. The summed E-state index contributed by atoms with van der Waals surface area (Å²) in [5.41, 5.74) is 0.920. The Bertz CT molecular complexity index is 355. The van der Waals surface area contributed by atoms with Crippen LogP contribution >= 0.6 is 0 Å². The Labute approximate surface area is 88.6 Å². The van der Waals surface area contributed by atoms with E-state index < -0.39 is 7.12 Å². The van der Waals surface area contributed by atoms with E-state index in [-0.39, 0.29) is 12.5 Å². The van der Waals surface area contributed by atoms with Crippen LogP contribution in [-0.2, 0) is 0 Å². The summed E-state index contributed by atoms with van der Waals surface area (Å²) < 4.78 is 10.3. The van der Waals surface area contributed by atoms with Crippen molar-refractivity contribution >= 4 is 7.12 Å². The molecule has 2 N–H and O–H groups in total. The van der Waals surface area contributed by atoms with Gasteiger partial charge in [-0.05, 0) is 11.6 Å². The molecule has 0 fully saturated rings. The maximum absolute atomic E-state index is 9.45. The molecule has 0 saturated carbocycles. The highest BCUT2D eigenvalue weighted by molar-refractivity contribution is 6.44. The highest BCUT2D eigenvalue weighted by Gasteiger charge is 2.31. The van der Waals surface area contributed by atoms with Gasteiger partial charge in [-0.3, -0.25) is 0 Å². The largest absolute Gasteiger partial charge is 0.536 e. The van der Waals surface area contributed by atoms with E-state index in [4.69, 9.17) is 9.39 Å². The van der Waals surface area contributed by atoms with Crippen LogP contribution in [0.25, 0.3) is 0 Å². The van der Waals surface area contributed by atoms with Crippen molar-refractivity contribution in [2.75, 3.05) is 13.7 Å². The average molecular weight is 208 g/mol. The van der Waals surface area contributed by atoms with Crippen LogP contribution < -0.4 is 9.39 Å². The number of hydrogen-bond acceptors (Lipinski definition) is 4. The van der Waals surface area contributed by atoms with Crippen molar-refractivity contribution in [3.8, 4) is 11.5 Å². The molecule has 1 aromatic carbocycles. The molecule has 80 valence electrons. The minimum atomic E-state index is -0.846. The molecule has 1 aliphatic heterocycles. The summed E-state index contributed by atoms with van der Waals surface area (Å²) in [4.78, 5) is 0. The minimum Gasteiger partial charge on any atom is -0.536 e. The first kappa shape index (κ1) is 10.3. The number of benzene rings is 1. The number of methoxy groups -OCH3 is 1. The van der Waals surface area contributed by atoms with Gasteiger partial charge >= 0.3 is 7.12 Å². The molecular formula is C10H13BO4. The molecule has 0 radical (unpaired) electrons. The zero-order valence-electron chi connectivity index (χ0n) is 8.51. The van der Waals surface area contributed by atoms with Gasteiger partial charge in [0.25, 0.3) is 0 Å². The van der Waals surface area contributed by atoms with Gasteiger partial charge < -0.3 is 19.5 Å². The van der Waals surface area contributed by atoms with Gasteiger partial charge in [-0.2, -0.15) is 0 Å². The fraction of sp³-hybridized carbons (Fsp3) is 0.400. The molecule has 1 aliphatic rings. The average Bonchev–Trinajstić information content (AvgIpc) is 2.26. The Hall–Kier alpha value is -1.20. The molecule has 2 rings (SSSR count). The van der Waals surface area contributed by atoms with Gasteiger partial charge in [-0.25, -0.2) is 0 Å². The normalized spacial score (nSPS) is 19.4. The van der Waals surface area contributed by atoms with Gasteiger partial charge in [-0.1, -0.05) is 6.07 Å². The van der Waals surface area contributed by atoms with Gasteiger partial charge in [0.2, 0.25) is 0 Å². The van der Waals surface area contributed by atoms with E-state index in [2.05, 4.69) is 0 Å². The van der Waals surface area contributed by atoms with Gasteiger partial charge in [0.15, 0.2) is 0 Å².